The van der Waals surface area contributed by atoms with Gasteiger partial charge < -0.3 is 19.7 Å². The van der Waals surface area contributed by atoms with Crippen molar-refractivity contribution in [1.82, 2.24) is 19.7 Å². The van der Waals surface area contributed by atoms with E-state index in [1.807, 2.05) is 7.05 Å². The third-order valence-corrected chi connectivity index (χ3v) is 4.89. The fourth-order valence-electron chi connectivity index (χ4n) is 3.11. The summed E-state index contributed by atoms with van der Waals surface area (Å²) < 4.78 is 3.26. The van der Waals surface area contributed by atoms with Crippen molar-refractivity contribution in [3.8, 4) is 0 Å². The van der Waals surface area contributed by atoms with E-state index in [0.29, 0.717) is 0 Å². The second-order valence-corrected chi connectivity index (χ2v) is 7.26. The molecule has 0 amide bonds. The number of rotatable bonds is 5. The maximum atomic E-state index is 4.41. The van der Waals surface area contributed by atoms with Crippen molar-refractivity contribution in [1.29, 1.82) is 0 Å². The van der Waals surface area contributed by atoms with E-state index >= 15 is 0 Å². The van der Waals surface area contributed by atoms with E-state index in [1.165, 1.54) is 44.5 Å². The lowest BCUT2D eigenvalue weighted by Gasteiger charge is -2.24. The number of aryl methyl sites for hydroxylation is 1. The van der Waals surface area contributed by atoms with Gasteiger partial charge in [-0.25, -0.2) is 0 Å². The van der Waals surface area contributed by atoms with Gasteiger partial charge in [-0.1, -0.05) is 12.8 Å². The largest absolute Gasteiger partial charge is 0.355 e. The fourth-order valence-corrected chi connectivity index (χ4v) is 3.68. The molecule has 1 N–H and O–H groups in total. The van der Waals surface area contributed by atoms with Crippen LogP contribution in [0.3, 0.4) is 0 Å². The minimum Gasteiger partial charge on any atom is -0.355 e. The number of likely N-dealkylation sites (tertiary alicyclic amines) is 1. The van der Waals surface area contributed by atoms with Gasteiger partial charge in [0, 0.05) is 50.6 Å². The van der Waals surface area contributed by atoms with Gasteiger partial charge in [0.1, 0.15) is 0 Å². The lowest BCUT2D eigenvalue weighted by molar-refractivity contribution is 0.287. The zero-order valence-electron chi connectivity index (χ0n) is 15.1. The van der Waals surface area contributed by atoms with Crippen molar-refractivity contribution in [3.63, 3.8) is 0 Å². The highest BCUT2D eigenvalue weighted by atomic mass is 127. The molecule has 2 rings (SSSR count). The highest BCUT2D eigenvalue weighted by Gasteiger charge is 2.11. The van der Waals surface area contributed by atoms with Crippen LogP contribution >= 0.6 is 39.9 Å². The van der Waals surface area contributed by atoms with Crippen molar-refractivity contribution in [2.24, 2.45) is 12.0 Å². The van der Waals surface area contributed by atoms with Gasteiger partial charge in [0.15, 0.2) is 5.96 Å². The number of hydrogen-bond acceptors (Lipinski definition) is 2. The average Bonchev–Trinajstić information content (AvgIpc) is 2.71. The number of nitrogens with one attached hydrogen (secondary N) is 1. The molecular formula is C17H31BrIN5. The molecule has 1 aromatic heterocycles. The lowest BCUT2D eigenvalue weighted by Crippen LogP contribution is -2.42. The van der Waals surface area contributed by atoms with E-state index in [2.05, 4.69) is 67.0 Å². The Hall–Kier alpha value is -0.280. The first-order valence-electron chi connectivity index (χ1n) is 8.55. The number of aromatic nitrogens is 1. The van der Waals surface area contributed by atoms with E-state index in [9.17, 15) is 0 Å². The van der Waals surface area contributed by atoms with Gasteiger partial charge in [0.2, 0.25) is 0 Å². The van der Waals surface area contributed by atoms with Gasteiger partial charge in [-0.2, -0.15) is 0 Å². The molecule has 7 heteroatoms. The molecule has 1 fully saturated rings. The van der Waals surface area contributed by atoms with Gasteiger partial charge in [-0.05, 0) is 47.9 Å². The van der Waals surface area contributed by atoms with Crippen molar-refractivity contribution in [2.75, 3.05) is 40.3 Å². The molecule has 138 valence electrons. The van der Waals surface area contributed by atoms with Crippen LogP contribution in [0.1, 0.15) is 31.4 Å². The second kappa shape index (κ2) is 11.4. The first kappa shape index (κ1) is 21.8. The summed E-state index contributed by atoms with van der Waals surface area (Å²) in [5.74, 6) is 0.956. The Morgan fingerprint density at radius 3 is 2.50 bits per heavy atom. The van der Waals surface area contributed by atoms with Crippen molar-refractivity contribution in [3.05, 3.63) is 22.4 Å². The molecule has 0 aromatic carbocycles. The Bertz CT molecular complexity index is 509. The Balaban J connectivity index is 0.00000288. The van der Waals surface area contributed by atoms with Gasteiger partial charge in [-0.15, -0.1) is 24.0 Å². The summed E-state index contributed by atoms with van der Waals surface area (Å²) in [5.41, 5.74) is 1.26. The third kappa shape index (κ3) is 6.92. The Morgan fingerprint density at radius 1 is 1.29 bits per heavy atom. The fraction of sp³-hybridized carbons (Fsp3) is 0.706. The van der Waals surface area contributed by atoms with E-state index in [1.54, 1.807) is 0 Å². The molecule has 1 aromatic rings. The first-order chi connectivity index (χ1) is 11.1. The minimum atomic E-state index is 0. The highest BCUT2D eigenvalue weighted by molar-refractivity contribution is 14.0. The molecule has 1 aliphatic heterocycles. The summed E-state index contributed by atoms with van der Waals surface area (Å²) in [6.07, 6.45) is 7.55. The molecule has 0 atom stereocenters. The van der Waals surface area contributed by atoms with E-state index in [-0.39, 0.29) is 24.0 Å². The van der Waals surface area contributed by atoms with Gasteiger partial charge >= 0.3 is 0 Å². The maximum absolute atomic E-state index is 4.41. The summed E-state index contributed by atoms with van der Waals surface area (Å²) in [4.78, 5) is 9.16. The number of guanidine groups is 1. The van der Waals surface area contributed by atoms with Crippen LogP contribution in [0.15, 0.2) is 21.7 Å². The predicted molar refractivity (Wildman–Crippen MR) is 116 cm³/mol. The van der Waals surface area contributed by atoms with Crippen molar-refractivity contribution >= 4 is 45.9 Å². The molecule has 0 unspecified atom stereocenters. The highest BCUT2D eigenvalue weighted by Crippen LogP contribution is 2.15. The van der Waals surface area contributed by atoms with Crippen LogP contribution in [0.4, 0.5) is 0 Å². The Kier molecular flexibility index (Phi) is 10.3. The molecule has 1 saturated heterocycles. The molecule has 0 aliphatic carbocycles. The second-order valence-electron chi connectivity index (χ2n) is 6.35. The van der Waals surface area contributed by atoms with Crippen LogP contribution in [0.5, 0.6) is 0 Å². The average molecular weight is 512 g/mol. The lowest BCUT2D eigenvalue weighted by atomic mass is 10.2. The summed E-state index contributed by atoms with van der Waals surface area (Å²) >= 11 is 3.53. The zero-order chi connectivity index (χ0) is 16.7. The summed E-state index contributed by atoms with van der Waals surface area (Å²) in [6, 6.07) is 2.15. The Labute approximate surface area is 172 Å². The maximum Gasteiger partial charge on any atom is 0.193 e. The molecule has 5 nitrogen and oxygen atoms in total. The predicted octanol–water partition coefficient (Wildman–Crippen LogP) is 3.29. The molecule has 2 heterocycles. The number of aliphatic imine (C=N–C) groups is 1. The molecule has 1 aliphatic rings. The van der Waals surface area contributed by atoms with Crippen LogP contribution in [-0.4, -0.2) is 60.6 Å². The summed E-state index contributed by atoms with van der Waals surface area (Å²) in [6.45, 7) is 5.38. The van der Waals surface area contributed by atoms with Crippen LogP contribution in [0.2, 0.25) is 0 Å². The zero-order valence-corrected chi connectivity index (χ0v) is 19.0. The smallest absolute Gasteiger partial charge is 0.193 e. The Morgan fingerprint density at radius 2 is 1.96 bits per heavy atom. The number of halogens is 2. The SMILES string of the molecule is CN=C(NCCN1CCCCCC1)N(C)Cc1cc(Br)cn1C.I. The molecule has 0 bridgehead atoms. The van der Waals surface area contributed by atoms with E-state index < -0.39 is 0 Å². The summed E-state index contributed by atoms with van der Waals surface area (Å²) in [7, 11) is 6.01. The van der Waals surface area contributed by atoms with Gasteiger partial charge in [0.05, 0.1) is 6.54 Å². The molecular weight excluding hydrogens is 481 g/mol. The van der Waals surface area contributed by atoms with Crippen molar-refractivity contribution < 1.29 is 0 Å². The first-order valence-corrected chi connectivity index (χ1v) is 9.34. The molecule has 0 saturated carbocycles. The van der Waals surface area contributed by atoms with Gasteiger partial charge in [-0.3, -0.25) is 4.99 Å². The number of nitrogens with zero attached hydrogens (tertiary/aromatic N) is 4. The van der Waals surface area contributed by atoms with Crippen LogP contribution in [0, 0.1) is 0 Å². The number of hydrogen-bond donors (Lipinski definition) is 1. The standard InChI is InChI=1S/C17H30BrN5.HI/c1-19-17(20-8-11-23-9-6-4-5-7-10-23)22(3)14-16-12-15(18)13-21(16)2;/h12-13H,4-11,14H2,1-3H3,(H,19,20);1H. The quantitative estimate of drug-likeness (QED) is 0.374. The van der Waals surface area contributed by atoms with Gasteiger partial charge in [0.25, 0.3) is 0 Å². The monoisotopic (exact) mass is 511 g/mol. The molecule has 0 spiro atoms. The summed E-state index contributed by atoms with van der Waals surface area (Å²) in [5, 5.41) is 3.50. The topological polar surface area (TPSA) is 35.8 Å². The van der Waals surface area contributed by atoms with Crippen LogP contribution in [-0.2, 0) is 13.6 Å². The van der Waals surface area contributed by atoms with E-state index in [0.717, 1.165) is 30.1 Å². The molecule has 24 heavy (non-hydrogen) atoms. The minimum absolute atomic E-state index is 0. The normalized spacial score (nSPS) is 16.4. The third-order valence-electron chi connectivity index (χ3n) is 4.46. The van der Waals surface area contributed by atoms with E-state index in [4.69, 9.17) is 0 Å². The van der Waals surface area contributed by atoms with Crippen molar-refractivity contribution in [2.45, 2.75) is 32.2 Å². The van der Waals surface area contributed by atoms with Crippen LogP contribution < -0.4 is 5.32 Å². The molecule has 0 radical (unpaired) electrons. The van der Waals surface area contributed by atoms with Crippen LogP contribution in [0.25, 0.3) is 0 Å².